The molecule has 0 atom stereocenters. The van der Waals surface area contributed by atoms with Crippen molar-refractivity contribution in [3.05, 3.63) is 24.0 Å². The lowest BCUT2D eigenvalue weighted by Gasteiger charge is -2.28. The van der Waals surface area contributed by atoms with Gasteiger partial charge in [-0.3, -0.25) is 4.79 Å². The fourth-order valence-corrected chi connectivity index (χ4v) is 2.35. The average Bonchev–Trinajstić information content (AvgIpc) is 2.40. The molecule has 18 heavy (non-hydrogen) atoms. The third kappa shape index (κ3) is 2.98. The Morgan fingerprint density at radius 3 is 2.61 bits per heavy atom. The molecule has 0 bridgehead atoms. The maximum atomic E-state index is 11.9. The molecule has 0 aromatic carbocycles. The first-order valence-electron chi connectivity index (χ1n) is 6.33. The fourth-order valence-electron chi connectivity index (χ4n) is 2.35. The SMILES string of the molecule is CNC1CCC(NC(=O)c2ncccc2O)CC1. The number of aromatic hydroxyl groups is 1. The van der Waals surface area contributed by atoms with Gasteiger partial charge in [0.1, 0.15) is 5.75 Å². The summed E-state index contributed by atoms with van der Waals surface area (Å²) >= 11 is 0. The molecule has 0 unspecified atom stereocenters. The van der Waals surface area contributed by atoms with Gasteiger partial charge >= 0.3 is 0 Å². The Labute approximate surface area is 107 Å². The lowest BCUT2D eigenvalue weighted by molar-refractivity contribution is 0.0916. The summed E-state index contributed by atoms with van der Waals surface area (Å²) in [6.07, 6.45) is 5.56. The van der Waals surface area contributed by atoms with E-state index in [1.54, 1.807) is 6.07 Å². The third-order valence-corrected chi connectivity index (χ3v) is 3.47. The van der Waals surface area contributed by atoms with Gasteiger partial charge in [-0.2, -0.15) is 0 Å². The molecule has 1 aromatic heterocycles. The van der Waals surface area contributed by atoms with Gasteiger partial charge < -0.3 is 15.7 Å². The summed E-state index contributed by atoms with van der Waals surface area (Å²) in [5.74, 6) is -0.361. The van der Waals surface area contributed by atoms with Crippen LogP contribution in [0.1, 0.15) is 36.2 Å². The number of amides is 1. The Morgan fingerprint density at radius 1 is 1.33 bits per heavy atom. The maximum absolute atomic E-state index is 11.9. The van der Waals surface area contributed by atoms with E-state index >= 15 is 0 Å². The van der Waals surface area contributed by atoms with Crippen molar-refractivity contribution in [2.24, 2.45) is 0 Å². The zero-order valence-electron chi connectivity index (χ0n) is 10.5. The number of nitrogens with one attached hydrogen (secondary N) is 2. The summed E-state index contributed by atoms with van der Waals surface area (Å²) in [6, 6.07) is 3.81. The van der Waals surface area contributed by atoms with Crippen LogP contribution in [0.4, 0.5) is 0 Å². The zero-order chi connectivity index (χ0) is 13.0. The van der Waals surface area contributed by atoms with E-state index in [2.05, 4.69) is 15.6 Å². The zero-order valence-corrected chi connectivity index (χ0v) is 10.5. The van der Waals surface area contributed by atoms with Crippen molar-refractivity contribution in [1.82, 2.24) is 15.6 Å². The molecule has 0 spiro atoms. The van der Waals surface area contributed by atoms with Gasteiger partial charge in [-0.1, -0.05) is 0 Å². The van der Waals surface area contributed by atoms with Gasteiger partial charge in [-0.05, 0) is 44.9 Å². The highest BCUT2D eigenvalue weighted by molar-refractivity contribution is 5.94. The van der Waals surface area contributed by atoms with E-state index in [0.29, 0.717) is 6.04 Å². The summed E-state index contributed by atoms with van der Waals surface area (Å²) in [7, 11) is 1.97. The molecule has 0 aliphatic heterocycles. The minimum Gasteiger partial charge on any atom is -0.505 e. The molecule has 5 nitrogen and oxygen atoms in total. The number of hydrogen-bond donors (Lipinski definition) is 3. The monoisotopic (exact) mass is 249 g/mol. The highest BCUT2D eigenvalue weighted by atomic mass is 16.3. The Bertz CT molecular complexity index is 414. The minimum absolute atomic E-state index is 0.0705. The predicted molar refractivity (Wildman–Crippen MR) is 68.5 cm³/mol. The van der Waals surface area contributed by atoms with E-state index in [4.69, 9.17) is 0 Å². The topological polar surface area (TPSA) is 74.2 Å². The number of carbonyl (C=O) groups excluding carboxylic acids is 1. The van der Waals surface area contributed by atoms with Crippen LogP contribution in [-0.2, 0) is 0 Å². The van der Waals surface area contributed by atoms with Crippen molar-refractivity contribution in [1.29, 1.82) is 0 Å². The Balaban J connectivity index is 1.91. The molecular formula is C13H19N3O2. The summed E-state index contributed by atoms with van der Waals surface area (Å²) in [5.41, 5.74) is 0.105. The minimum atomic E-state index is -0.291. The van der Waals surface area contributed by atoms with Crippen LogP contribution < -0.4 is 10.6 Å². The number of hydrogen-bond acceptors (Lipinski definition) is 4. The average molecular weight is 249 g/mol. The van der Waals surface area contributed by atoms with Crippen molar-refractivity contribution in [2.45, 2.75) is 37.8 Å². The molecule has 2 rings (SSSR count). The summed E-state index contributed by atoms with van der Waals surface area (Å²) in [6.45, 7) is 0. The van der Waals surface area contributed by atoms with Crippen LogP contribution in [-0.4, -0.2) is 35.1 Å². The van der Waals surface area contributed by atoms with Crippen molar-refractivity contribution in [2.75, 3.05) is 7.05 Å². The Kier molecular flexibility index (Phi) is 4.15. The van der Waals surface area contributed by atoms with Gasteiger partial charge in [-0.15, -0.1) is 0 Å². The normalized spacial score (nSPS) is 23.6. The van der Waals surface area contributed by atoms with Crippen LogP contribution in [0.2, 0.25) is 0 Å². The van der Waals surface area contributed by atoms with Gasteiger partial charge in [0.05, 0.1) is 0 Å². The quantitative estimate of drug-likeness (QED) is 0.748. The number of aromatic nitrogens is 1. The van der Waals surface area contributed by atoms with Gasteiger partial charge in [-0.25, -0.2) is 4.98 Å². The predicted octanol–water partition coefficient (Wildman–Crippen LogP) is 1.05. The number of carbonyl (C=O) groups is 1. The molecule has 1 aliphatic rings. The van der Waals surface area contributed by atoms with E-state index in [-0.39, 0.29) is 23.4 Å². The van der Waals surface area contributed by atoms with E-state index in [1.807, 2.05) is 7.05 Å². The lowest BCUT2D eigenvalue weighted by Crippen LogP contribution is -2.41. The summed E-state index contributed by atoms with van der Waals surface area (Å²) in [5, 5.41) is 15.7. The molecule has 5 heteroatoms. The van der Waals surface area contributed by atoms with E-state index in [1.165, 1.54) is 12.3 Å². The van der Waals surface area contributed by atoms with Crippen molar-refractivity contribution in [3.63, 3.8) is 0 Å². The van der Waals surface area contributed by atoms with E-state index < -0.39 is 0 Å². The Hall–Kier alpha value is -1.62. The molecule has 1 fully saturated rings. The summed E-state index contributed by atoms with van der Waals surface area (Å²) < 4.78 is 0. The van der Waals surface area contributed by atoms with E-state index in [0.717, 1.165) is 25.7 Å². The van der Waals surface area contributed by atoms with Crippen LogP contribution in [0.5, 0.6) is 5.75 Å². The molecular weight excluding hydrogens is 230 g/mol. The second kappa shape index (κ2) is 5.82. The molecule has 0 radical (unpaired) electrons. The molecule has 1 aromatic rings. The van der Waals surface area contributed by atoms with Crippen LogP contribution in [0, 0.1) is 0 Å². The maximum Gasteiger partial charge on any atom is 0.273 e. The summed E-state index contributed by atoms with van der Waals surface area (Å²) in [4.78, 5) is 15.8. The van der Waals surface area contributed by atoms with Gasteiger partial charge in [0.25, 0.3) is 5.91 Å². The molecule has 3 N–H and O–H groups in total. The first-order valence-corrected chi connectivity index (χ1v) is 6.33. The second-order valence-electron chi connectivity index (χ2n) is 4.68. The largest absolute Gasteiger partial charge is 0.505 e. The number of rotatable bonds is 3. The van der Waals surface area contributed by atoms with Gasteiger partial charge in [0, 0.05) is 18.3 Å². The molecule has 98 valence electrons. The van der Waals surface area contributed by atoms with Crippen LogP contribution in [0.3, 0.4) is 0 Å². The van der Waals surface area contributed by atoms with Crippen LogP contribution in [0.15, 0.2) is 18.3 Å². The Morgan fingerprint density at radius 2 is 2.00 bits per heavy atom. The molecule has 1 heterocycles. The van der Waals surface area contributed by atoms with Gasteiger partial charge in [0.2, 0.25) is 0 Å². The number of nitrogens with zero attached hydrogens (tertiary/aromatic N) is 1. The first-order chi connectivity index (χ1) is 8.70. The number of pyridine rings is 1. The van der Waals surface area contributed by atoms with Crippen molar-refractivity contribution >= 4 is 5.91 Å². The molecule has 1 saturated carbocycles. The molecule has 1 amide bonds. The first kappa shape index (κ1) is 12.8. The molecule has 1 aliphatic carbocycles. The highest BCUT2D eigenvalue weighted by Gasteiger charge is 2.22. The second-order valence-corrected chi connectivity index (χ2v) is 4.68. The van der Waals surface area contributed by atoms with E-state index in [9.17, 15) is 9.90 Å². The lowest BCUT2D eigenvalue weighted by atomic mass is 9.91. The van der Waals surface area contributed by atoms with Crippen molar-refractivity contribution in [3.8, 4) is 5.75 Å². The smallest absolute Gasteiger partial charge is 0.273 e. The van der Waals surface area contributed by atoms with Crippen LogP contribution in [0.25, 0.3) is 0 Å². The standard InChI is InChI=1S/C13H19N3O2/c1-14-9-4-6-10(7-5-9)16-13(18)12-11(17)3-2-8-15-12/h2-3,8-10,14,17H,4-7H2,1H3,(H,16,18). The fraction of sp³-hybridized carbons (Fsp3) is 0.538. The molecule has 0 saturated heterocycles. The highest BCUT2D eigenvalue weighted by Crippen LogP contribution is 2.19. The third-order valence-electron chi connectivity index (χ3n) is 3.47. The van der Waals surface area contributed by atoms with Crippen LogP contribution >= 0.6 is 0 Å². The van der Waals surface area contributed by atoms with Crippen molar-refractivity contribution < 1.29 is 9.90 Å². The van der Waals surface area contributed by atoms with Gasteiger partial charge in [0.15, 0.2) is 5.69 Å².